The molecule has 1 aromatic rings. The van der Waals surface area contributed by atoms with Crippen molar-refractivity contribution >= 4 is 5.82 Å². The Morgan fingerprint density at radius 2 is 2.24 bits per heavy atom. The highest BCUT2D eigenvalue weighted by molar-refractivity contribution is 5.34. The first-order valence-corrected chi connectivity index (χ1v) is 6.32. The number of nitrogens with zero attached hydrogens (tertiary/aromatic N) is 2. The second-order valence-electron chi connectivity index (χ2n) is 4.50. The van der Waals surface area contributed by atoms with Crippen molar-refractivity contribution in [2.75, 3.05) is 38.2 Å². The van der Waals surface area contributed by atoms with E-state index in [1.54, 1.807) is 0 Å². The monoisotopic (exact) mass is 235 g/mol. The Bertz CT molecular complexity index is 312. The van der Waals surface area contributed by atoms with E-state index in [0.29, 0.717) is 6.04 Å². The predicted octanol–water partition coefficient (Wildman–Crippen LogP) is 1.60. The number of nitrogens with one attached hydrogen (secondary N) is 1. The summed E-state index contributed by atoms with van der Waals surface area (Å²) in [5.41, 5.74) is 0. The average molecular weight is 235 g/mol. The lowest BCUT2D eigenvalue weighted by Gasteiger charge is -2.27. The first kappa shape index (κ1) is 12.3. The number of aromatic nitrogens is 1. The van der Waals surface area contributed by atoms with Crippen LogP contribution >= 0.6 is 0 Å². The third-order valence-electron chi connectivity index (χ3n) is 3.04. The van der Waals surface area contributed by atoms with Crippen molar-refractivity contribution in [3.63, 3.8) is 0 Å². The van der Waals surface area contributed by atoms with Gasteiger partial charge in [0.25, 0.3) is 0 Å². The van der Waals surface area contributed by atoms with Crippen LogP contribution in [-0.2, 0) is 4.74 Å². The lowest BCUT2D eigenvalue weighted by atomic mass is 10.2. The van der Waals surface area contributed by atoms with E-state index < -0.39 is 0 Å². The lowest BCUT2D eigenvalue weighted by Crippen LogP contribution is -2.38. The normalized spacial score (nSPS) is 18.9. The second-order valence-corrected chi connectivity index (χ2v) is 4.50. The molecule has 0 bridgehead atoms. The van der Waals surface area contributed by atoms with Crippen LogP contribution in [0.4, 0.5) is 5.82 Å². The van der Waals surface area contributed by atoms with Crippen LogP contribution in [0.3, 0.4) is 0 Å². The molecule has 0 radical (unpaired) electrons. The fraction of sp³-hybridized carbons (Fsp3) is 0.615. The molecule has 1 N–H and O–H groups in total. The molecule has 1 aliphatic heterocycles. The van der Waals surface area contributed by atoms with E-state index in [2.05, 4.69) is 22.1 Å². The molecule has 2 heterocycles. The average Bonchev–Trinajstić information content (AvgIpc) is 2.39. The molecule has 1 aromatic heterocycles. The van der Waals surface area contributed by atoms with Crippen molar-refractivity contribution in [1.29, 1.82) is 0 Å². The van der Waals surface area contributed by atoms with Gasteiger partial charge in [-0.3, -0.25) is 4.90 Å². The number of hydrogen-bond acceptors (Lipinski definition) is 4. The number of pyridine rings is 1. The predicted molar refractivity (Wildman–Crippen MR) is 69.2 cm³/mol. The fourth-order valence-corrected chi connectivity index (χ4v) is 1.97. The number of rotatable bonds is 5. The van der Waals surface area contributed by atoms with Gasteiger partial charge in [-0.05, 0) is 25.5 Å². The summed E-state index contributed by atoms with van der Waals surface area (Å²) < 4.78 is 5.33. The van der Waals surface area contributed by atoms with Crippen LogP contribution in [0.25, 0.3) is 0 Å². The molecule has 4 heteroatoms. The zero-order valence-electron chi connectivity index (χ0n) is 10.4. The lowest BCUT2D eigenvalue weighted by molar-refractivity contribution is 0.0370. The Labute approximate surface area is 103 Å². The quantitative estimate of drug-likeness (QED) is 0.841. The van der Waals surface area contributed by atoms with Gasteiger partial charge in [0.05, 0.1) is 13.2 Å². The minimum absolute atomic E-state index is 0.452. The smallest absolute Gasteiger partial charge is 0.126 e. The molecular weight excluding hydrogens is 214 g/mol. The molecule has 1 fully saturated rings. The minimum Gasteiger partial charge on any atom is -0.379 e. The van der Waals surface area contributed by atoms with Gasteiger partial charge in [0.2, 0.25) is 0 Å². The maximum absolute atomic E-state index is 5.33. The molecule has 0 spiro atoms. The molecule has 94 valence electrons. The van der Waals surface area contributed by atoms with E-state index in [4.69, 9.17) is 4.74 Å². The van der Waals surface area contributed by atoms with Crippen LogP contribution < -0.4 is 5.32 Å². The molecule has 1 atom stereocenters. The SMILES string of the molecule is CC(CCN1CCOCC1)Nc1ccccn1. The molecule has 0 aliphatic carbocycles. The van der Waals surface area contributed by atoms with Crippen LogP contribution in [0.2, 0.25) is 0 Å². The van der Waals surface area contributed by atoms with Gasteiger partial charge in [-0.25, -0.2) is 4.98 Å². The van der Waals surface area contributed by atoms with Crippen LogP contribution in [-0.4, -0.2) is 48.8 Å². The Kier molecular flexibility index (Phi) is 4.76. The Morgan fingerprint density at radius 3 is 2.94 bits per heavy atom. The second kappa shape index (κ2) is 6.57. The van der Waals surface area contributed by atoms with Crippen molar-refractivity contribution < 1.29 is 4.74 Å². The molecule has 17 heavy (non-hydrogen) atoms. The highest BCUT2D eigenvalue weighted by Gasteiger charge is 2.11. The van der Waals surface area contributed by atoms with E-state index >= 15 is 0 Å². The third-order valence-corrected chi connectivity index (χ3v) is 3.04. The standard InChI is InChI=1S/C13H21N3O/c1-12(15-13-4-2-3-6-14-13)5-7-16-8-10-17-11-9-16/h2-4,6,12H,5,7-11H2,1H3,(H,14,15). The first-order chi connectivity index (χ1) is 8.34. The highest BCUT2D eigenvalue weighted by atomic mass is 16.5. The summed E-state index contributed by atoms with van der Waals surface area (Å²) in [4.78, 5) is 6.73. The summed E-state index contributed by atoms with van der Waals surface area (Å²) >= 11 is 0. The zero-order valence-corrected chi connectivity index (χ0v) is 10.4. The van der Waals surface area contributed by atoms with E-state index in [1.807, 2.05) is 24.4 Å². The van der Waals surface area contributed by atoms with Crippen LogP contribution in [0.1, 0.15) is 13.3 Å². The summed E-state index contributed by atoms with van der Waals surface area (Å²) in [6.07, 6.45) is 2.95. The summed E-state index contributed by atoms with van der Waals surface area (Å²) in [5.74, 6) is 0.960. The largest absolute Gasteiger partial charge is 0.379 e. The van der Waals surface area contributed by atoms with Crippen LogP contribution in [0.5, 0.6) is 0 Å². The maximum atomic E-state index is 5.33. The molecule has 4 nitrogen and oxygen atoms in total. The Hall–Kier alpha value is -1.13. The van der Waals surface area contributed by atoms with E-state index in [-0.39, 0.29) is 0 Å². The van der Waals surface area contributed by atoms with Crippen LogP contribution in [0.15, 0.2) is 24.4 Å². The van der Waals surface area contributed by atoms with Gasteiger partial charge >= 0.3 is 0 Å². The third kappa shape index (κ3) is 4.32. The number of anilines is 1. The fourth-order valence-electron chi connectivity index (χ4n) is 1.97. The molecule has 1 aliphatic rings. The summed E-state index contributed by atoms with van der Waals surface area (Å²) in [5, 5.41) is 3.41. The number of hydrogen-bond donors (Lipinski definition) is 1. The zero-order chi connectivity index (χ0) is 11.9. The summed E-state index contributed by atoms with van der Waals surface area (Å²) in [6, 6.07) is 6.39. The van der Waals surface area contributed by atoms with Crippen molar-refractivity contribution in [2.24, 2.45) is 0 Å². The minimum atomic E-state index is 0.452. The molecule has 0 saturated carbocycles. The maximum Gasteiger partial charge on any atom is 0.126 e. The van der Waals surface area contributed by atoms with Crippen molar-refractivity contribution in [3.8, 4) is 0 Å². The molecule has 0 aromatic carbocycles. The highest BCUT2D eigenvalue weighted by Crippen LogP contribution is 2.06. The summed E-state index contributed by atoms with van der Waals surface area (Å²) in [6.45, 7) is 7.22. The Balaban J connectivity index is 1.68. The van der Waals surface area contributed by atoms with E-state index in [1.165, 1.54) is 0 Å². The molecule has 0 amide bonds. The first-order valence-electron chi connectivity index (χ1n) is 6.32. The van der Waals surface area contributed by atoms with Gasteiger partial charge < -0.3 is 10.1 Å². The molecule has 2 rings (SSSR count). The van der Waals surface area contributed by atoms with E-state index in [0.717, 1.165) is 45.1 Å². The van der Waals surface area contributed by atoms with Gasteiger partial charge in [0, 0.05) is 31.9 Å². The van der Waals surface area contributed by atoms with E-state index in [9.17, 15) is 0 Å². The van der Waals surface area contributed by atoms with Crippen LogP contribution in [0, 0.1) is 0 Å². The topological polar surface area (TPSA) is 37.4 Å². The van der Waals surface area contributed by atoms with Gasteiger partial charge in [-0.1, -0.05) is 6.07 Å². The van der Waals surface area contributed by atoms with Gasteiger partial charge in [0.1, 0.15) is 5.82 Å². The van der Waals surface area contributed by atoms with Crippen molar-refractivity contribution in [2.45, 2.75) is 19.4 Å². The van der Waals surface area contributed by atoms with Gasteiger partial charge in [-0.2, -0.15) is 0 Å². The van der Waals surface area contributed by atoms with Crippen molar-refractivity contribution in [1.82, 2.24) is 9.88 Å². The molecule has 1 unspecified atom stereocenters. The van der Waals surface area contributed by atoms with Gasteiger partial charge in [-0.15, -0.1) is 0 Å². The summed E-state index contributed by atoms with van der Waals surface area (Å²) in [7, 11) is 0. The van der Waals surface area contributed by atoms with Gasteiger partial charge in [0.15, 0.2) is 0 Å². The Morgan fingerprint density at radius 1 is 1.41 bits per heavy atom. The number of morpholine rings is 1. The number of ether oxygens (including phenoxy) is 1. The molecular formula is C13H21N3O. The van der Waals surface area contributed by atoms with Crippen molar-refractivity contribution in [3.05, 3.63) is 24.4 Å². The molecule has 1 saturated heterocycles.